The quantitative estimate of drug-likeness (QED) is 0.504. The molecule has 0 radical (unpaired) electrons. The Morgan fingerprint density at radius 2 is 1.59 bits per heavy atom. The lowest BCUT2D eigenvalue weighted by atomic mass is 10.1. The first-order valence-corrected chi connectivity index (χ1v) is 12.8. The van der Waals surface area contributed by atoms with Crippen LogP contribution in [0.5, 0.6) is 0 Å². The van der Waals surface area contributed by atoms with Crippen LogP contribution < -0.4 is 9.62 Å². The molecule has 0 bridgehead atoms. The summed E-state index contributed by atoms with van der Waals surface area (Å²) in [6, 6.07) is 14.5. The zero-order valence-electron chi connectivity index (χ0n) is 20.2. The van der Waals surface area contributed by atoms with Gasteiger partial charge in [0.15, 0.2) is 0 Å². The van der Waals surface area contributed by atoms with E-state index in [0.29, 0.717) is 10.7 Å². The van der Waals surface area contributed by atoms with Crippen LogP contribution in [0.3, 0.4) is 0 Å². The molecule has 0 aliphatic carbocycles. The third kappa shape index (κ3) is 7.19. The van der Waals surface area contributed by atoms with Crippen LogP contribution in [-0.2, 0) is 26.3 Å². The van der Waals surface area contributed by atoms with E-state index < -0.39 is 28.7 Å². The van der Waals surface area contributed by atoms with Crippen LogP contribution in [0, 0.1) is 0 Å². The Morgan fingerprint density at radius 3 is 2.12 bits per heavy atom. The van der Waals surface area contributed by atoms with E-state index in [1.54, 1.807) is 61.5 Å². The number of benzene rings is 2. The second-order valence-corrected chi connectivity index (χ2v) is 10.8. The Balaban J connectivity index is 2.41. The van der Waals surface area contributed by atoms with Crippen molar-refractivity contribution in [1.29, 1.82) is 0 Å². The third-order valence-corrected chi connectivity index (χ3v) is 7.57. The lowest BCUT2D eigenvalue weighted by molar-refractivity contribution is -0.139. The fourth-order valence-electron chi connectivity index (χ4n) is 3.15. The maximum Gasteiger partial charge on any atom is 0.304 e. The third-order valence-electron chi connectivity index (χ3n) is 5.50. The molecule has 10 heteroatoms. The molecule has 2 rings (SSSR count). The summed E-state index contributed by atoms with van der Waals surface area (Å²) in [7, 11) is -1.15. The van der Waals surface area contributed by atoms with Crippen molar-refractivity contribution in [2.24, 2.45) is 0 Å². The summed E-state index contributed by atoms with van der Waals surface area (Å²) in [6.07, 6.45) is 0.743. The van der Waals surface area contributed by atoms with Crippen LogP contribution >= 0.6 is 11.6 Å². The fourth-order valence-corrected chi connectivity index (χ4v) is 4.33. The summed E-state index contributed by atoms with van der Waals surface area (Å²) < 4.78 is 28.2. The van der Waals surface area contributed by atoms with Gasteiger partial charge in [-0.2, -0.15) is 12.7 Å². The highest BCUT2D eigenvalue weighted by Gasteiger charge is 2.32. The molecule has 0 aromatic heterocycles. The van der Waals surface area contributed by atoms with E-state index in [9.17, 15) is 18.0 Å². The first-order chi connectivity index (χ1) is 16.0. The van der Waals surface area contributed by atoms with Crippen LogP contribution in [0.25, 0.3) is 0 Å². The van der Waals surface area contributed by atoms with E-state index in [2.05, 4.69) is 5.32 Å². The Morgan fingerprint density at radius 1 is 1.00 bits per heavy atom. The first-order valence-electron chi connectivity index (χ1n) is 11.1. The molecule has 0 fully saturated rings. The standard InChI is InChI=1S/C24H33ClN4O4S/c1-6-18(2)26-24(31)19(3)28(16-20-12-14-21(25)15-13-20)23(30)17-29(34(32,33)27(4)5)22-10-8-7-9-11-22/h7-15,18-19H,6,16-17H2,1-5H3,(H,26,31)/t18-,19+/m0/s1. The molecule has 0 unspecified atom stereocenters. The number of para-hydroxylation sites is 1. The predicted molar refractivity (Wildman–Crippen MR) is 136 cm³/mol. The molecular weight excluding hydrogens is 476 g/mol. The van der Waals surface area contributed by atoms with Gasteiger partial charge in [-0.05, 0) is 50.1 Å². The Bertz CT molecular complexity index is 1060. The van der Waals surface area contributed by atoms with E-state index in [1.807, 2.05) is 13.8 Å². The van der Waals surface area contributed by atoms with Crippen molar-refractivity contribution in [2.75, 3.05) is 24.9 Å². The summed E-state index contributed by atoms with van der Waals surface area (Å²) in [5.41, 5.74) is 1.12. The second kappa shape index (κ2) is 12.2. The number of hydrogen-bond acceptors (Lipinski definition) is 4. The van der Waals surface area contributed by atoms with Gasteiger partial charge < -0.3 is 10.2 Å². The normalized spacial score (nSPS) is 13.3. The van der Waals surface area contributed by atoms with Crippen LogP contribution in [0.1, 0.15) is 32.8 Å². The minimum absolute atomic E-state index is 0.0580. The van der Waals surface area contributed by atoms with Crippen LogP contribution in [0.4, 0.5) is 5.69 Å². The van der Waals surface area contributed by atoms with Crippen LogP contribution in [-0.4, -0.2) is 62.2 Å². The Hall–Kier alpha value is -2.62. The van der Waals surface area contributed by atoms with E-state index in [1.165, 1.54) is 19.0 Å². The number of nitrogens with zero attached hydrogens (tertiary/aromatic N) is 3. The molecule has 2 atom stereocenters. The number of halogens is 1. The molecule has 2 aromatic rings. The maximum atomic E-state index is 13.6. The van der Waals surface area contributed by atoms with Crippen molar-refractivity contribution < 1.29 is 18.0 Å². The number of hydrogen-bond donors (Lipinski definition) is 1. The molecule has 8 nitrogen and oxygen atoms in total. The minimum atomic E-state index is -3.97. The first kappa shape index (κ1) is 27.6. The smallest absolute Gasteiger partial charge is 0.304 e. The molecule has 2 aromatic carbocycles. The molecule has 0 saturated carbocycles. The average molecular weight is 509 g/mol. The van der Waals surface area contributed by atoms with Crippen molar-refractivity contribution >= 4 is 39.3 Å². The Kier molecular flexibility index (Phi) is 9.90. The van der Waals surface area contributed by atoms with E-state index in [4.69, 9.17) is 11.6 Å². The monoisotopic (exact) mass is 508 g/mol. The predicted octanol–water partition coefficient (Wildman–Crippen LogP) is 3.28. The van der Waals surface area contributed by atoms with Crippen molar-refractivity contribution in [2.45, 2.75) is 45.8 Å². The number of carbonyl (C=O) groups is 2. The molecule has 0 aliphatic heterocycles. The SMILES string of the molecule is CC[C@H](C)NC(=O)[C@@H](C)N(Cc1ccc(Cl)cc1)C(=O)CN(c1ccccc1)S(=O)(=O)N(C)C. The molecule has 0 saturated heterocycles. The van der Waals surface area contributed by atoms with E-state index in [0.717, 1.165) is 20.6 Å². The zero-order valence-corrected chi connectivity index (χ0v) is 21.8. The molecule has 1 N–H and O–H groups in total. The average Bonchev–Trinajstić information content (AvgIpc) is 2.81. The zero-order chi connectivity index (χ0) is 25.5. The molecule has 2 amide bonds. The summed E-state index contributed by atoms with van der Waals surface area (Å²) in [6.45, 7) is 5.14. The van der Waals surface area contributed by atoms with Crippen molar-refractivity contribution in [3.8, 4) is 0 Å². The molecule has 34 heavy (non-hydrogen) atoms. The highest BCUT2D eigenvalue weighted by atomic mass is 35.5. The van der Waals surface area contributed by atoms with Crippen LogP contribution in [0.15, 0.2) is 54.6 Å². The fraction of sp³-hybridized carbons (Fsp3) is 0.417. The molecule has 186 valence electrons. The number of carbonyl (C=O) groups excluding carboxylic acids is 2. The summed E-state index contributed by atoms with van der Waals surface area (Å²) >= 11 is 5.99. The lowest BCUT2D eigenvalue weighted by Crippen LogP contribution is -2.53. The topological polar surface area (TPSA) is 90.0 Å². The van der Waals surface area contributed by atoms with Crippen molar-refractivity contribution in [3.05, 3.63) is 65.2 Å². The number of nitrogens with one attached hydrogen (secondary N) is 1. The maximum absolute atomic E-state index is 13.6. The second-order valence-electron chi connectivity index (χ2n) is 8.27. The van der Waals surface area contributed by atoms with E-state index >= 15 is 0 Å². The number of anilines is 1. The van der Waals surface area contributed by atoms with Gasteiger partial charge in [0.05, 0.1) is 5.69 Å². The Labute approximate surface area is 207 Å². The van der Waals surface area contributed by atoms with E-state index in [-0.39, 0.29) is 18.5 Å². The summed E-state index contributed by atoms with van der Waals surface area (Å²) in [5, 5.41) is 3.45. The molecule has 0 aliphatic rings. The van der Waals surface area contributed by atoms with Crippen molar-refractivity contribution in [3.63, 3.8) is 0 Å². The van der Waals surface area contributed by atoms with Gasteiger partial charge in [-0.1, -0.05) is 48.9 Å². The van der Waals surface area contributed by atoms with Gasteiger partial charge in [0.2, 0.25) is 11.8 Å². The van der Waals surface area contributed by atoms with Gasteiger partial charge in [-0.15, -0.1) is 0 Å². The van der Waals surface area contributed by atoms with Crippen molar-refractivity contribution in [1.82, 2.24) is 14.5 Å². The number of rotatable bonds is 11. The summed E-state index contributed by atoms with van der Waals surface area (Å²) in [4.78, 5) is 27.9. The van der Waals surface area contributed by atoms with Gasteiger partial charge in [-0.25, -0.2) is 4.31 Å². The van der Waals surface area contributed by atoms with Gasteiger partial charge in [-0.3, -0.25) is 9.59 Å². The van der Waals surface area contributed by atoms with Gasteiger partial charge in [0, 0.05) is 31.7 Å². The highest BCUT2D eigenvalue weighted by molar-refractivity contribution is 7.90. The molecular formula is C24H33ClN4O4S. The molecule has 0 heterocycles. The minimum Gasteiger partial charge on any atom is -0.352 e. The molecule has 0 spiro atoms. The number of amides is 2. The summed E-state index contributed by atoms with van der Waals surface area (Å²) in [5.74, 6) is -0.811. The van der Waals surface area contributed by atoms with Gasteiger partial charge in [0.1, 0.15) is 12.6 Å². The largest absolute Gasteiger partial charge is 0.352 e. The van der Waals surface area contributed by atoms with Gasteiger partial charge >= 0.3 is 10.2 Å². The van der Waals surface area contributed by atoms with Gasteiger partial charge in [0.25, 0.3) is 0 Å². The lowest BCUT2D eigenvalue weighted by Gasteiger charge is -2.33. The van der Waals surface area contributed by atoms with Crippen LogP contribution in [0.2, 0.25) is 5.02 Å². The highest BCUT2D eigenvalue weighted by Crippen LogP contribution is 2.21.